The van der Waals surface area contributed by atoms with E-state index in [-0.39, 0.29) is 11.7 Å². The highest BCUT2D eigenvalue weighted by molar-refractivity contribution is 5.16. The van der Waals surface area contributed by atoms with Crippen molar-refractivity contribution in [3.8, 4) is 0 Å². The Bertz CT molecular complexity index is 414. The molecule has 2 saturated carbocycles. The second-order valence-corrected chi connectivity index (χ2v) is 9.09. The molecule has 2 heteroatoms. The van der Waals surface area contributed by atoms with Crippen LogP contribution in [0, 0.1) is 22.7 Å². The molecule has 0 radical (unpaired) electrons. The molecule has 0 amide bonds. The van der Waals surface area contributed by atoms with Crippen LogP contribution >= 0.6 is 0 Å². The highest BCUT2D eigenvalue weighted by atomic mass is 16.8. The summed E-state index contributed by atoms with van der Waals surface area (Å²) in [5, 5.41) is 0. The van der Waals surface area contributed by atoms with E-state index < -0.39 is 5.79 Å². The molecule has 0 N–H and O–H groups in total. The van der Waals surface area contributed by atoms with Gasteiger partial charge >= 0.3 is 0 Å². The van der Waals surface area contributed by atoms with Gasteiger partial charge in [-0.25, -0.2) is 0 Å². The summed E-state index contributed by atoms with van der Waals surface area (Å²) in [4.78, 5) is 0. The second kappa shape index (κ2) is 4.01. The van der Waals surface area contributed by atoms with E-state index >= 15 is 0 Å². The standard InChI is InChI=1S/C18H32O2/c1-8-12(2)18-9-13(15(3,4)11-18)17(7)14(10-18)19-16(5,6)20-17/h12-14H,8-11H2,1-7H3. The average Bonchev–Trinajstić information content (AvgIpc) is 2.69. The fraction of sp³-hybridized carbons (Fsp3) is 1.00. The van der Waals surface area contributed by atoms with E-state index in [2.05, 4.69) is 48.5 Å². The van der Waals surface area contributed by atoms with Crippen LogP contribution in [-0.4, -0.2) is 17.5 Å². The van der Waals surface area contributed by atoms with Crippen molar-refractivity contribution in [2.45, 2.75) is 91.6 Å². The van der Waals surface area contributed by atoms with Crippen molar-refractivity contribution in [3.63, 3.8) is 0 Å². The second-order valence-electron chi connectivity index (χ2n) is 9.09. The third-order valence-corrected chi connectivity index (χ3v) is 6.83. The Labute approximate surface area is 124 Å². The largest absolute Gasteiger partial charge is 0.344 e. The first-order chi connectivity index (χ1) is 9.05. The van der Waals surface area contributed by atoms with Gasteiger partial charge in [0, 0.05) is 0 Å². The van der Waals surface area contributed by atoms with Gasteiger partial charge in [0.05, 0.1) is 11.7 Å². The van der Waals surface area contributed by atoms with Crippen LogP contribution in [0.3, 0.4) is 0 Å². The summed E-state index contributed by atoms with van der Waals surface area (Å²) in [5.41, 5.74) is 0.730. The molecule has 0 aromatic heterocycles. The predicted octanol–water partition coefficient (Wildman–Crippen LogP) is 4.77. The lowest BCUT2D eigenvalue weighted by molar-refractivity contribution is -0.175. The zero-order valence-corrected chi connectivity index (χ0v) is 14.4. The van der Waals surface area contributed by atoms with Crippen molar-refractivity contribution in [1.29, 1.82) is 0 Å². The lowest BCUT2D eigenvalue weighted by Crippen LogP contribution is -2.52. The third-order valence-electron chi connectivity index (χ3n) is 6.83. The maximum Gasteiger partial charge on any atom is 0.164 e. The Balaban J connectivity index is 2.01. The molecule has 0 spiro atoms. The molecule has 5 unspecified atom stereocenters. The molecule has 2 bridgehead atoms. The van der Waals surface area contributed by atoms with Crippen molar-refractivity contribution in [2.75, 3.05) is 0 Å². The molecule has 5 atom stereocenters. The molecule has 3 fully saturated rings. The van der Waals surface area contributed by atoms with Crippen molar-refractivity contribution < 1.29 is 9.47 Å². The SMILES string of the molecule is CCC(C)C12CC3OC(C)(C)OC3(C)C(C1)C(C)(C)C2. The van der Waals surface area contributed by atoms with Gasteiger partial charge in [0.25, 0.3) is 0 Å². The summed E-state index contributed by atoms with van der Waals surface area (Å²) in [6.45, 7) is 16.1. The van der Waals surface area contributed by atoms with Gasteiger partial charge in [-0.05, 0) is 62.7 Å². The summed E-state index contributed by atoms with van der Waals surface area (Å²) in [5.74, 6) is 0.976. The Hall–Kier alpha value is -0.0800. The summed E-state index contributed by atoms with van der Waals surface area (Å²) in [6.07, 6.45) is 5.38. The molecule has 3 rings (SSSR count). The van der Waals surface area contributed by atoms with E-state index in [1.807, 2.05) is 0 Å². The Morgan fingerprint density at radius 1 is 1.10 bits per heavy atom. The molecule has 1 heterocycles. The van der Waals surface area contributed by atoms with E-state index in [0.29, 0.717) is 16.7 Å². The van der Waals surface area contributed by atoms with Crippen molar-refractivity contribution in [2.24, 2.45) is 22.7 Å². The van der Waals surface area contributed by atoms with Gasteiger partial charge in [-0.15, -0.1) is 0 Å². The molecule has 0 aromatic rings. The van der Waals surface area contributed by atoms with Gasteiger partial charge < -0.3 is 9.47 Å². The number of hydrogen-bond donors (Lipinski definition) is 0. The number of hydrogen-bond acceptors (Lipinski definition) is 2. The van der Waals surface area contributed by atoms with Gasteiger partial charge in [0.2, 0.25) is 0 Å². The van der Waals surface area contributed by atoms with Crippen LogP contribution in [0.15, 0.2) is 0 Å². The first-order valence-electron chi connectivity index (χ1n) is 8.43. The normalized spacial score (nSPS) is 50.0. The summed E-state index contributed by atoms with van der Waals surface area (Å²) in [6, 6.07) is 0. The van der Waals surface area contributed by atoms with Crippen molar-refractivity contribution in [1.82, 2.24) is 0 Å². The monoisotopic (exact) mass is 280 g/mol. The van der Waals surface area contributed by atoms with E-state index in [1.165, 1.54) is 25.7 Å². The van der Waals surface area contributed by atoms with E-state index in [1.54, 1.807) is 0 Å². The minimum Gasteiger partial charge on any atom is -0.344 e. The minimum absolute atomic E-state index is 0.0968. The molecule has 1 saturated heterocycles. The van der Waals surface area contributed by atoms with Crippen LogP contribution in [0.25, 0.3) is 0 Å². The summed E-state index contributed by atoms with van der Waals surface area (Å²) >= 11 is 0. The minimum atomic E-state index is -0.420. The zero-order chi connectivity index (χ0) is 15.0. The van der Waals surface area contributed by atoms with Gasteiger partial charge in [-0.2, -0.15) is 0 Å². The Morgan fingerprint density at radius 2 is 1.75 bits per heavy atom. The van der Waals surface area contributed by atoms with Crippen LogP contribution in [0.2, 0.25) is 0 Å². The van der Waals surface area contributed by atoms with Crippen LogP contribution < -0.4 is 0 Å². The van der Waals surface area contributed by atoms with Gasteiger partial charge in [0.1, 0.15) is 0 Å². The summed E-state index contributed by atoms with van der Waals surface area (Å²) in [7, 11) is 0. The van der Waals surface area contributed by atoms with Crippen molar-refractivity contribution in [3.05, 3.63) is 0 Å². The average molecular weight is 280 g/mol. The Kier molecular flexibility index (Phi) is 2.98. The highest BCUT2D eigenvalue weighted by Gasteiger charge is 2.68. The fourth-order valence-electron chi connectivity index (χ4n) is 5.92. The fourth-order valence-corrected chi connectivity index (χ4v) is 5.92. The Morgan fingerprint density at radius 3 is 2.35 bits per heavy atom. The van der Waals surface area contributed by atoms with Gasteiger partial charge in [-0.1, -0.05) is 34.1 Å². The lowest BCUT2D eigenvalue weighted by Gasteiger charge is -2.47. The quantitative estimate of drug-likeness (QED) is 0.725. The predicted molar refractivity (Wildman–Crippen MR) is 81.5 cm³/mol. The molecule has 1 aliphatic heterocycles. The molecule has 2 aliphatic carbocycles. The van der Waals surface area contributed by atoms with E-state index in [4.69, 9.17) is 9.47 Å². The lowest BCUT2D eigenvalue weighted by atomic mass is 9.62. The number of rotatable bonds is 2. The maximum atomic E-state index is 6.44. The highest BCUT2D eigenvalue weighted by Crippen LogP contribution is 2.69. The van der Waals surface area contributed by atoms with Crippen molar-refractivity contribution >= 4 is 0 Å². The molecule has 116 valence electrons. The third kappa shape index (κ3) is 1.83. The molecule has 2 nitrogen and oxygen atoms in total. The van der Waals surface area contributed by atoms with Gasteiger partial charge in [0.15, 0.2) is 5.79 Å². The number of ether oxygens (including phenoxy) is 2. The first kappa shape index (κ1) is 14.8. The molecular weight excluding hydrogens is 248 g/mol. The van der Waals surface area contributed by atoms with Gasteiger partial charge in [-0.3, -0.25) is 0 Å². The van der Waals surface area contributed by atoms with E-state index in [0.717, 1.165) is 5.92 Å². The molecule has 0 aromatic carbocycles. The molecular formula is C18H32O2. The zero-order valence-electron chi connectivity index (χ0n) is 14.4. The first-order valence-corrected chi connectivity index (χ1v) is 8.43. The van der Waals surface area contributed by atoms with E-state index in [9.17, 15) is 0 Å². The molecule has 3 aliphatic rings. The number of fused-ring (bicyclic) bond motifs is 4. The van der Waals surface area contributed by atoms with Crippen LogP contribution in [0.5, 0.6) is 0 Å². The maximum absolute atomic E-state index is 6.44. The summed E-state index contributed by atoms with van der Waals surface area (Å²) < 4.78 is 12.8. The van der Waals surface area contributed by atoms with Crippen LogP contribution in [0.1, 0.15) is 74.1 Å². The van der Waals surface area contributed by atoms with Crippen LogP contribution in [-0.2, 0) is 9.47 Å². The smallest absolute Gasteiger partial charge is 0.164 e. The molecule has 20 heavy (non-hydrogen) atoms. The van der Waals surface area contributed by atoms with Crippen LogP contribution in [0.4, 0.5) is 0 Å². The topological polar surface area (TPSA) is 18.5 Å².